The van der Waals surface area contributed by atoms with E-state index in [1.165, 1.54) is 0 Å². The third-order valence-corrected chi connectivity index (χ3v) is 3.75. The van der Waals surface area contributed by atoms with Crippen LogP contribution >= 0.6 is 0 Å². The molecule has 6 nitrogen and oxygen atoms in total. The first-order valence-corrected chi connectivity index (χ1v) is 8.18. The zero-order valence-corrected chi connectivity index (χ0v) is 14.7. The molecule has 2 rings (SSSR count). The Labute approximate surface area is 143 Å². The lowest BCUT2D eigenvalue weighted by Gasteiger charge is -2.29. The van der Waals surface area contributed by atoms with Gasteiger partial charge in [-0.25, -0.2) is 9.48 Å². The Kier molecular flexibility index (Phi) is 5.62. The van der Waals surface area contributed by atoms with E-state index in [2.05, 4.69) is 10.4 Å². The number of carbonyl (C=O) groups is 1. The first-order chi connectivity index (χ1) is 11.3. The van der Waals surface area contributed by atoms with Gasteiger partial charge in [0.25, 0.3) is 0 Å². The number of rotatable bonds is 6. The van der Waals surface area contributed by atoms with E-state index in [9.17, 15) is 9.90 Å². The highest BCUT2D eigenvalue weighted by Crippen LogP contribution is 2.16. The van der Waals surface area contributed by atoms with Gasteiger partial charge in [-0.2, -0.15) is 5.10 Å². The smallest absolute Gasteiger partial charge is 0.317 e. The molecule has 1 atom stereocenters. The molecular weight excluding hydrogens is 304 g/mol. The van der Waals surface area contributed by atoms with Crippen LogP contribution in [0.5, 0.6) is 0 Å². The highest BCUT2D eigenvalue weighted by atomic mass is 16.3. The van der Waals surface area contributed by atoms with E-state index in [0.717, 1.165) is 11.3 Å². The predicted octanol–water partition coefficient (Wildman–Crippen LogP) is 2.74. The molecule has 6 heteroatoms. The fourth-order valence-corrected chi connectivity index (χ4v) is 2.49. The van der Waals surface area contributed by atoms with Gasteiger partial charge < -0.3 is 15.3 Å². The average Bonchev–Trinajstić information content (AvgIpc) is 3.06. The van der Waals surface area contributed by atoms with Crippen LogP contribution < -0.4 is 5.32 Å². The Morgan fingerprint density at radius 3 is 2.54 bits per heavy atom. The number of amides is 2. The quantitative estimate of drug-likeness (QED) is 0.855. The van der Waals surface area contributed by atoms with Crippen molar-refractivity contribution in [2.75, 3.05) is 13.1 Å². The molecule has 130 valence electrons. The summed E-state index contributed by atoms with van der Waals surface area (Å²) in [5.41, 5.74) is 1.07. The van der Waals surface area contributed by atoms with Crippen LogP contribution in [-0.2, 0) is 0 Å². The summed E-state index contributed by atoms with van der Waals surface area (Å²) in [6, 6.07) is 9.48. The maximum atomic E-state index is 12.4. The van der Waals surface area contributed by atoms with Crippen LogP contribution in [0.25, 0.3) is 5.69 Å². The van der Waals surface area contributed by atoms with E-state index in [1.54, 1.807) is 29.6 Å². The molecular formula is C18H26N4O2. The highest BCUT2D eigenvalue weighted by Gasteiger charge is 2.22. The van der Waals surface area contributed by atoms with Crippen molar-refractivity contribution < 1.29 is 9.90 Å². The second-order valence-electron chi connectivity index (χ2n) is 6.54. The van der Waals surface area contributed by atoms with Crippen LogP contribution in [0, 0.1) is 0 Å². The lowest BCUT2D eigenvalue weighted by Crippen LogP contribution is -2.47. The zero-order valence-electron chi connectivity index (χ0n) is 14.7. The predicted molar refractivity (Wildman–Crippen MR) is 94.1 cm³/mol. The van der Waals surface area contributed by atoms with Crippen molar-refractivity contribution in [3.8, 4) is 5.69 Å². The second kappa shape index (κ2) is 7.49. The normalized spacial score (nSPS) is 12.7. The first-order valence-electron chi connectivity index (χ1n) is 8.18. The number of carbonyl (C=O) groups excluding carboxylic acids is 1. The molecule has 1 heterocycles. The lowest BCUT2D eigenvalue weighted by atomic mass is 10.1. The minimum Gasteiger partial charge on any atom is -0.389 e. The van der Waals surface area contributed by atoms with Crippen molar-refractivity contribution in [3.05, 3.63) is 48.3 Å². The van der Waals surface area contributed by atoms with Gasteiger partial charge in [0.2, 0.25) is 0 Å². The van der Waals surface area contributed by atoms with Gasteiger partial charge in [0.05, 0.1) is 23.9 Å². The van der Waals surface area contributed by atoms with E-state index in [1.807, 2.05) is 50.4 Å². The highest BCUT2D eigenvalue weighted by molar-refractivity contribution is 5.74. The fraction of sp³-hybridized carbons (Fsp3) is 0.444. The number of benzene rings is 1. The standard InChI is InChI=1S/C18H26N4O2/c1-5-21(13-18(3,4)24)17(23)20-14(2)15-7-9-16(10-8-15)22-12-6-11-19-22/h6-12,14,24H,5,13H2,1-4H3,(H,20,23). The Morgan fingerprint density at radius 2 is 2.04 bits per heavy atom. The van der Waals surface area contributed by atoms with Gasteiger partial charge in [0.1, 0.15) is 0 Å². The number of likely N-dealkylation sites (N-methyl/N-ethyl adjacent to an activating group) is 1. The molecule has 0 aliphatic carbocycles. The van der Waals surface area contributed by atoms with Gasteiger partial charge in [-0.05, 0) is 51.5 Å². The monoisotopic (exact) mass is 330 g/mol. The number of urea groups is 1. The number of hydrogen-bond acceptors (Lipinski definition) is 3. The minimum absolute atomic E-state index is 0.125. The molecule has 1 aromatic heterocycles. The van der Waals surface area contributed by atoms with Gasteiger partial charge in [0, 0.05) is 18.9 Å². The summed E-state index contributed by atoms with van der Waals surface area (Å²) in [6.45, 7) is 8.06. The molecule has 0 spiro atoms. The van der Waals surface area contributed by atoms with Gasteiger partial charge in [-0.1, -0.05) is 12.1 Å². The number of aromatic nitrogens is 2. The summed E-state index contributed by atoms with van der Waals surface area (Å²) in [6.07, 6.45) is 3.62. The summed E-state index contributed by atoms with van der Waals surface area (Å²) in [7, 11) is 0. The molecule has 0 bridgehead atoms. The Morgan fingerprint density at radius 1 is 1.38 bits per heavy atom. The fourth-order valence-electron chi connectivity index (χ4n) is 2.49. The maximum absolute atomic E-state index is 12.4. The summed E-state index contributed by atoms with van der Waals surface area (Å²) in [5.74, 6) is 0. The van der Waals surface area contributed by atoms with Crippen LogP contribution in [0.4, 0.5) is 4.79 Å². The van der Waals surface area contributed by atoms with Crippen molar-refractivity contribution in [1.82, 2.24) is 20.0 Å². The molecule has 2 N–H and O–H groups in total. The molecule has 0 aliphatic rings. The van der Waals surface area contributed by atoms with Crippen LogP contribution in [0.15, 0.2) is 42.7 Å². The van der Waals surface area contributed by atoms with E-state index < -0.39 is 5.60 Å². The van der Waals surface area contributed by atoms with Crippen LogP contribution in [0.1, 0.15) is 39.3 Å². The third-order valence-electron chi connectivity index (χ3n) is 3.75. The SMILES string of the molecule is CCN(CC(C)(C)O)C(=O)NC(C)c1ccc(-n2cccn2)cc1. The zero-order chi connectivity index (χ0) is 17.7. The van der Waals surface area contributed by atoms with Crippen molar-refractivity contribution in [2.24, 2.45) is 0 Å². The molecule has 0 radical (unpaired) electrons. The molecule has 0 saturated carbocycles. The first kappa shape index (κ1) is 18.0. The van der Waals surface area contributed by atoms with E-state index >= 15 is 0 Å². The molecule has 2 aromatic rings. The van der Waals surface area contributed by atoms with E-state index in [-0.39, 0.29) is 12.1 Å². The Hall–Kier alpha value is -2.34. The van der Waals surface area contributed by atoms with Crippen molar-refractivity contribution in [3.63, 3.8) is 0 Å². The third kappa shape index (κ3) is 4.83. The number of hydrogen-bond donors (Lipinski definition) is 2. The molecule has 2 amide bonds. The topological polar surface area (TPSA) is 70.4 Å². The van der Waals surface area contributed by atoms with Crippen molar-refractivity contribution in [1.29, 1.82) is 0 Å². The van der Waals surface area contributed by atoms with Crippen LogP contribution in [-0.4, -0.2) is 44.5 Å². The summed E-state index contributed by atoms with van der Waals surface area (Å²) < 4.78 is 1.79. The largest absolute Gasteiger partial charge is 0.389 e. The van der Waals surface area contributed by atoms with Crippen molar-refractivity contribution >= 4 is 6.03 Å². The lowest BCUT2D eigenvalue weighted by molar-refractivity contribution is 0.0476. The van der Waals surface area contributed by atoms with Crippen molar-refractivity contribution in [2.45, 2.75) is 39.3 Å². The summed E-state index contributed by atoms with van der Waals surface area (Å²) in [4.78, 5) is 14.0. The van der Waals surface area contributed by atoms with E-state index in [0.29, 0.717) is 13.1 Å². The summed E-state index contributed by atoms with van der Waals surface area (Å²) >= 11 is 0. The van der Waals surface area contributed by atoms with Gasteiger partial charge in [0.15, 0.2) is 0 Å². The second-order valence-corrected chi connectivity index (χ2v) is 6.54. The van der Waals surface area contributed by atoms with Gasteiger partial charge in [-0.15, -0.1) is 0 Å². The molecule has 24 heavy (non-hydrogen) atoms. The Bertz CT molecular complexity index is 645. The van der Waals surface area contributed by atoms with Gasteiger partial charge >= 0.3 is 6.03 Å². The molecule has 1 aromatic carbocycles. The number of nitrogens with one attached hydrogen (secondary N) is 1. The minimum atomic E-state index is -0.915. The molecule has 0 fully saturated rings. The molecule has 0 aliphatic heterocycles. The number of nitrogens with zero attached hydrogens (tertiary/aromatic N) is 3. The van der Waals surface area contributed by atoms with Crippen LogP contribution in [0.2, 0.25) is 0 Å². The molecule has 1 unspecified atom stereocenters. The summed E-state index contributed by atoms with van der Waals surface area (Å²) in [5, 5.41) is 17.1. The van der Waals surface area contributed by atoms with Crippen LogP contribution in [0.3, 0.4) is 0 Å². The van der Waals surface area contributed by atoms with Gasteiger partial charge in [-0.3, -0.25) is 0 Å². The number of aliphatic hydroxyl groups is 1. The Balaban J connectivity index is 2.00. The maximum Gasteiger partial charge on any atom is 0.317 e. The van der Waals surface area contributed by atoms with E-state index in [4.69, 9.17) is 0 Å². The molecule has 0 saturated heterocycles. The average molecular weight is 330 g/mol.